The Bertz CT molecular complexity index is 977. The molecule has 1 atom stereocenters. The minimum atomic E-state index is -0.103. The van der Waals surface area contributed by atoms with E-state index in [0.717, 1.165) is 67.1 Å². The molecule has 0 spiro atoms. The van der Waals surface area contributed by atoms with E-state index in [9.17, 15) is 4.79 Å². The van der Waals surface area contributed by atoms with Crippen molar-refractivity contribution in [3.63, 3.8) is 0 Å². The zero-order valence-electron chi connectivity index (χ0n) is 15.1. The molecule has 1 aliphatic heterocycles. The minimum Gasteiger partial charge on any atom is -0.355 e. The molecule has 0 unspecified atom stereocenters. The second-order valence-corrected chi connectivity index (χ2v) is 6.84. The summed E-state index contributed by atoms with van der Waals surface area (Å²) in [5, 5.41) is 5.35. The molecule has 3 aromatic rings. The molecule has 0 saturated carbocycles. The van der Waals surface area contributed by atoms with Gasteiger partial charge in [-0.2, -0.15) is 5.10 Å². The predicted molar refractivity (Wildman–Crippen MR) is 99.3 cm³/mol. The molecular weight excluding hydrogens is 330 g/mol. The highest BCUT2D eigenvalue weighted by atomic mass is 16.1. The highest BCUT2D eigenvalue weighted by molar-refractivity contribution is 5.87. The first-order valence-corrected chi connectivity index (χ1v) is 9.14. The SMILES string of the molecule is CCCc1nc(N2CCC[C@H](c3cc(=O)[nH]cn3)C2)c2cnn(C)c2n1. The van der Waals surface area contributed by atoms with Crippen LogP contribution in [0, 0.1) is 0 Å². The average molecular weight is 353 g/mol. The Hall–Kier alpha value is -2.77. The number of aryl methyl sites for hydroxylation is 2. The fraction of sp³-hybridized carbons (Fsp3) is 0.500. The fourth-order valence-electron chi connectivity index (χ4n) is 3.65. The van der Waals surface area contributed by atoms with Gasteiger partial charge in [0.05, 0.1) is 23.6 Å². The number of H-pyrrole nitrogens is 1. The average Bonchev–Trinajstić information content (AvgIpc) is 3.03. The van der Waals surface area contributed by atoms with Gasteiger partial charge < -0.3 is 9.88 Å². The zero-order valence-corrected chi connectivity index (χ0v) is 15.1. The number of hydrogen-bond donors (Lipinski definition) is 1. The third kappa shape index (κ3) is 3.07. The lowest BCUT2D eigenvalue weighted by Gasteiger charge is -2.33. The topological polar surface area (TPSA) is 92.6 Å². The first kappa shape index (κ1) is 16.7. The van der Waals surface area contributed by atoms with E-state index in [1.807, 2.05) is 13.2 Å². The van der Waals surface area contributed by atoms with Crippen LogP contribution in [0.4, 0.5) is 5.82 Å². The van der Waals surface area contributed by atoms with E-state index in [-0.39, 0.29) is 11.5 Å². The number of aromatic nitrogens is 6. The highest BCUT2D eigenvalue weighted by Crippen LogP contribution is 2.31. The molecular formula is C18H23N7O. The van der Waals surface area contributed by atoms with E-state index in [0.29, 0.717) is 0 Å². The number of fused-ring (bicyclic) bond motifs is 1. The second kappa shape index (κ2) is 6.86. The fourth-order valence-corrected chi connectivity index (χ4v) is 3.65. The lowest BCUT2D eigenvalue weighted by molar-refractivity contribution is 0.498. The quantitative estimate of drug-likeness (QED) is 0.769. The van der Waals surface area contributed by atoms with Crippen LogP contribution in [0.2, 0.25) is 0 Å². The monoisotopic (exact) mass is 353 g/mol. The molecule has 3 aromatic heterocycles. The first-order chi connectivity index (χ1) is 12.7. The van der Waals surface area contributed by atoms with E-state index >= 15 is 0 Å². The molecule has 0 amide bonds. The molecule has 1 N–H and O–H groups in total. The van der Waals surface area contributed by atoms with Crippen molar-refractivity contribution in [3.8, 4) is 0 Å². The van der Waals surface area contributed by atoms with Gasteiger partial charge in [0.25, 0.3) is 5.56 Å². The highest BCUT2D eigenvalue weighted by Gasteiger charge is 2.26. The molecule has 4 rings (SSSR count). The lowest BCUT2D eigenvalue weighted by atomic mass is 9.94. The van der Waals surface area contributed by atoms with Crippen LogP contribution >= 0.6 is 0 Å². The summed E-state index contributed by atoms with van der Waals surface area (Å²) >= 11 is 0. The molecule has 8 heteroatoms. The smallest absolute Gasteiger partial charge is 0.250 e. The van der Waals surface area contributed by atoms with Crippen LogP contribution in [0.3, 0.4) is 0 Å². The number of anilines is 1. The van der Waals surface area contributed by atoms with Gasteiger partial charge in [0, 0.05) is 38.5 Å². The molecule has 8 nitrogen and oxygen atoms in total. The van der Waals surface area contributed by atoms with Crippen LogP contribution in [0.25, 0.3) is 11.0 Å². The largest absolute Gasteiger partial charge is 0.355 e. The van der Waals surface area contributed by atoms with Crippen molar-refractivity contribution in [1.82, 2.24) is 29.7 Å². The normalized spacial score (nSPS) is 17.8. The molecule has 1 saturated heterocycles. The Labute approximate surface area is 151 Å². The van der Waals surface area contributed by atoms with Gasteiger partial charge in [-0.1, -0.05) is 6.92 Å². The van der Waals surface area contributed by atoms with Gasteiger partial charge in [0.2, 0.25) is 0 Å². The molecule has 0 bridgehead atoms. The molecule has 0 aliphatic carbocycles. The van der Waals surface area contributed by atoms with Crippen LogP contribution < -0.4 is 10.5 Å². The minimum absolute atomic E-state index is 0.103. The van der Waals surface area contributed by atoms with E-state index in [1.54, 1.807) is 10.7 Å². The van der Waals surface area contributed by atoms with Crippen molar-refractivity contribution in [2.45, 2.75) is 38.5 Å². The standard InChI is InChI=1S/C18H23N7O/c1-3-5-15-22-17-13(9-21-24(17)2)18(23-15)25-7-4-6-12(10-25)14-8-16(26)20-11-19-14/h8-9,11-12H,3-7,10H2,1-2H3,(H,19,20,26)/t12-/m0/s1. The van der Waals surface area contributed by atoms with Crippen LogP contribution in [0.1, 0.15) is 43.6 Å². The van der Waals surface area contributed by atoms with E-state index in [4.69, 9.17) is 4.98 Å². The summed E-state index contributed by atoms with van der Waals surface area (Å²) in [6, 6.07) is 1.61. The summed E-state index contributed by atoms with van der Waals surface area (Å²) < 4.78 is 1.80. The maximum Gasteiger partial charge on any atom is 0.250 e. The lowest BCUT2D eigenvalue weighted by Crippen LogP contribution is -2.36. The summed E-state index contributed by atoms with van der Waals surface area (Å²) in [7, 11) is 1.91. The Kier molecular flexibility index (Phi) is 4.40. The molecule has 136 valence electrons. The van der Waals surface area contributed by atoms with Gasteiger partial charge in [0.15, 0.2) is 5.65 Å². The maximum absolute atomic E-state index is 11.6. The Morgan fingerprint density at radius 3 is 3.04 bits per heavy atom. The van der Waals surface area contributed by atoms with Crippen molar-refractivity contribution in [2.75, 3.05) is 18.0 Å². The molecule has 0 aromatic carbocycles. The van der Waals surface area contributed by atoms with Crippen molar-refractivity contribution in [1.29, 1.82) is 0 Å². The van der Waals surface area contributed by atoms with Crippen molar-refractivity contribution < 1.29 is 0 Å². The number of aromatic amines is 1. The van der Waals surface area contributed by atoms with Crippen LogP contribution in [0.15, 0.2) is 23.4 Å². The van der Waals surface area contributed by atoms with Crippen LogP contribution in [0.5, 0.6) is 0 Å². The third-order valence-corrected chi connectivity index (χ3v) is 4.93. The van der Waals surface area contributed by atoms with Crippen molar-refractivity contribution in [2.24, 2.45) is 7.05 Å². The predicted octanol–water partition coefficient (Wildman–Crippen LogP) is 1.78. The Morgan fingerprint density at radius 1 is 1.35 bits per heavy atom. The summed E-state index contributed by atoms with van der Waals surface area (Å²) in [6.07, 6.45) is 7.24. The zero-order chi connectivity index (χ0) is 18.1. The van der Waals surface area contributed by atoms with Crippen molar-refractivity contribution in [3.05, 3.63) is 40.5 Å². The number of hydrogen-bond acceptors (Lipinski definition) is 6. The summed E-state index contributed by atoms with van der Waals surface area (Å²) in [5.74, 6) is 2.03. The number of nitrogens with zero attached hydrogens (tertiary/aromatic N) is 6. The van der Waals surface area contributed by atoms with E-state index < -0.39 is 0 Å². The molecule has 1 aliphatic rings. The Morgan fingerprint density at radius 2 is 2.23 bits per heavy atom. The van der Waals surface area contributed by atoms with Gasteiger partial charge in [0.1, 0.15) is 11.6 Å². The second-order valence-electron chi connectivity index (χ2n) is 6.84. The van der Waals surface area contributed by atoms with Crippen molar-refractivity contribution >= 4 is 16.9 Å². The van der Waals surface area contributed by atoms with Gasteiger partial charge in [-0.3, -0.25) is 9.48 Å². The van der Waals surface area contributed by atoms with Crippen LogP contribution in [-0.2, 0) is 13.5 Å². The molecule has 4 heterocycles. The summed E-state index contributed by atoms with van der Waals surface area (Å²) in [6.45, 7) is 3.86. The maximum atomic E-state index is 11.6. The van der Waals surface area contributed by atoms with E-state index in [1.165, 1.54) is 6.33 Å². The number of nitrogens with one attached hydrogen (secondary N) is 1. The van der Waals surface area contributed by atoms with Gasteiger partial charge in [-0.15, -0.1) is 0 Å². The van der Waals surface area contributed by atoms with Gasteiger partial charge in [-0.25, -0.2) is 15.0 Å². The van der Waals surface area contributed by atoms with Crippen LogP contribution in [-0.4, -0.2) is 42.8 Å². The molecule has 0 radical (unpaired) electrons. The first-order valence-electron chi connectivity index (χ1n) is 9.14. The van der Waals surface area contributed by atoms with E-state index in [2.05, 4.69) is 31.9 Å². The molecule has 26 heavy (non-hydrogen) atoms. The van der Waals surface area contributed by atoms with Gasteiger partial charge in [-0.05, 0) is 19.3 Å². The molecule has 1 fully saturated rings. The Balaban J connectivity index is 1.71. The third-order valence-electron chi connectivity index (χ3n) is 4.93. The summed E-state index contributed by atoms with van der Waals surface area (Å²) in [4.78, 5) is 30.4. The summed E-state index contributed by atoms with van der Waals surface area (Å²) in [5.41, 5.74) is 1.62. The van der Waals surface area contributed by atoms with Gasteiger partial charge >= 0.3 is 0 Å². The number of piperidine rings is 1. The number of rotatable bonds is 4.